The van der Waals surface area contributed by atoms with E-state index in [0.29, 0.717) is 4.47 Å². The third-order valence-corrected chi connectivity index (χ3v) is 3.75. The van der Waals surface area contributed by atoms with E-state index in [2.05, 4.69) is 33.2 Å². The van der Waals surface area contributed by atoms with Gasteiger partial charge >= 0.3 is 0 Å². The van der Waals surface area contributed by atoms with Crippen LogP contribution < -0.4 is 5.32 Å². The second-order valence-corrected chi connectivity index (χ2v) is 5.76. The van der Waals surface area contributed by atoms with Crippen LogP contribution in [0.4, 0.5) is 10.3 Å². The number of imidazole rings is 1. The van der Waals surface area contributed by atoms with Crippen LogP contribution in [-0.2, 0) is 0 Å². The molecule has 5 heteroatoms. The van der Waals surface area contributed by atoms with Gasteiger partial charge in [-0.2, -0.15) is 0 Å². The Labute approximate surface area is 127 Å². The van der Waals surface area contributed by atoms with Crippen molar-refractivity contribution in [2.75, 3.05) is 11.9 Å². The summed E-state index contributed by atoms with van der Waals surface area (Å²) in [5.74, 6) is 0.557. The zero-order chi connectivity index (χ0) is 14.7. The topological polar surface area (TPSA) is 29.9 Å². The molecule has 1 heterocycles. The van der Waals surface area contributed by atoms with Gasteiger partial charge in [-0.1, -0.05) is 13.3 Å². The SMILES string of the molecule is CCCCNc1nc(C)cn1-c1cc(Br)c(F)cc1C. The molecule has 1 N–H and O–H groups in total. The summed E-state index contributed by atoms with van der Waals surface area (Å²) in [5, 5.41) is 3.34. The van der Waals surface area contributed by atoms with Gasteiger partial charge in [0.1, 0.15) is 5.82 Å². The molecule has 0 saturated carbocycles. The van der Waals surface area contributed by atoms with Gasteiger partial charge < -0.3 is 5.32 Å². The van der Waals surface area contributed by atoms with Crippen LogP contribution in [-0.4, -0.2) is 16.1 Å². The summed E-state index contributed by atoms with van der Waals surface area (Å²) in [7, 11) is 0. The lowest BCUT2D eigenvalue weighted by molar-refractivity contribution is 0.619. The highest BCUT2D eigenvalue weighted by molar-refractivity contribution is 9.10. The number of aromatic nitrogens is 2. The lowest BCUT2D eigenvalue weighted by Crippen LogP contribution is -2.08. The van der Waals surface area contributed by atoms with Gasteiger partial charge in [0.25, 0.3) is 0 Å². The van der Waals surface area contributed by atoms with Crippen LogP contribution in [0.15, 0.2) is 22.8 Å². The fraction of sp³-hybridized carbons (Fsp3) is 0.400. The minimum Gasteiger partial charge on any atom is -0.355 e. The van der Waals surface area contributed by atoms with Gasteiger partial charge in [0, 0.05) is 12.7 Å². The van der Waals surface area contributed by atoms with E-state index in [1.54, 1.807) is 6.07 Å². The number of hydrogen-bond acceptors (Lipinski definition) is 2. The summed E-state index contributed by atoms with van der Waals surface area (Å²) < 4.78 is 16.0. The van der Waals surface area contributed by atoms with E-state index in [4.69, 9.17) is 0 Å². The van der Waals surface area contributed by atoms with E-state index in [0.717, 1.165) is 42.3 Å². The summed E-state index contributed by atoms with van der Waals surface area (Å²) in [6.45, 7) is 6.89. The monoisotopic (exact) mass is 339 g/mol. The molecule has 0 saturated heterocycles. The van der Waals surface area contributed by atoms with Crippen LogP contribution in [0.5, 0.6) is 0 Å². The molecule has 108 valence electrons. The Hall–Kier alpha value is -1.36. The number of nitrogens with one attached hydrogen (secondary N) is 1. The van der Waals surface area contributed by atoms with Gasteiger partial charge in [0.15, 0.2) is 0 Å². The zero-order valence-corrected chi connectivity index (χ0v) is 13.6. The lowest BCUT2D eigenvalue weighted by Gasteiger charge is -2.12. The average molecular weight is 340 g/mol. The fourth-order valence-electron chi connectivity index (χ4n) is 2.08. The molecule has 0 amide bonds. The molecule has 0 fully saturated rings. The van der Waals surface area contributed by atoms with Crippen LogP contribution >= 0.6 is 15.9 Å². The highest BCUT2D eigenvalue weighted by atomic mass is 79.9. The lowest BCUT2D eigenvalue weighted by atomic mass is 10.2. The number of hydrogen-bond donors (Lipinski definition) is 1. The Morgan fingerprint density at radius 1 is 1.35 bits per heavy atom. The first-order chi connectivity index (χ1) is 9.52. The van der Waals surface area contributed by atoms with E-state index in [1.807, 2.05) is 24.6 Å². The van der Waals surface area contributed by atoms with Crippen LogP contribution in [0.25, 0.3) is 5.69 Å². The normalized spacial score (nSPS) is 10.8. The Morgan fingerprint density at radius 3 is 2.80 bits per heavy atom. The van der Waals surface area contributed by atoms with E-state index >= 15 is 0 Å². The summed E-state index contributed by atoms with van der Waals surface area (Å²) in [6.07, 6.45) is 4.19. The maximum atomic E-state index is 13.5. The molecule has 20 heavy (non-hydrogen) atoms. The molecule has 0 atom stereocenters. The van der Waals surface area contributed by atoms with Gasteiger partial charge in [-0.05, 0) is 53.9 Å². The van der Waals surface area contributed by atoms with Gasteiger partial charge in [-0.3, -0.25) is 4.57 Å². The Bertz CT molecular complexity index is 607. The molecule has 0 aliphatic rings. The van der Waals surface area contributed by atoms with E-state index < -0.39 is 0 Å². The Balaban J connectivity index is 2.39. The van der Waals surface area contributed by atoms with Crippen molar-refractivity contribution >= 4 is 21.9 Å². The number of anilines is 1. The van der Waals surface area contributed by atoms with Crippen LogP contribution in [0.3, 0.4) is 0 Å². The summed E-state index contributed by atoms with van der Waals surface area (Å²) in [6, 6.07) is 3.32. The van der Waals surface area contributed by atoms with Crippen molar-refractivity contribution in [1.82, 2.24) is 9.55 Å². The number of unbranched alkanes of at least 4 members (excludes halogenated alkanes) is 1. The quantitative estimate of drug-likeness (QED) is 0.806. The minimum atomic E-state index is -0.247. The van der Waals surface area contributed by atoms with E-state index in [1.165, 1.54) is 6.07 Å². The van der Waals surface area contributed by atoms with Crippen LogP contribution in [0, 0.1) is 19.7 Å². The predicted molar refractivity (Wildman–Crippen MR) is 84.1 cm³/mol. The zero-order valence-electron chi connectivity index (χ0n) is 12.0. The van der Waals surface area contributed by atoms with Crippen molar-refractivity contribution in [1.29, 1.82) is 0 Å². The Morgan fingerprint density at radius 2 is 2.10 bits per heavy atom. The molecule has 1 aromatic carbocycles. The third-order valence-electron chi connectivity index (χ3n) is 3.14. The van der Waals surface area contributed by atoms with Gasteiger partial charge in [-0.25, -0.2) is 9.37 Å². The molecule has 0 radical (unpaired) electrons. The maximum Gasteiger partial charge on any atom is 0.207 e. The first kappa shape index (κ1) is 15.0. The molecule has 0 bridgehead atoms. The standard InChI is InChI=1S/C15H19BrFN3/c1-4-5-6-18-15-19-11(3)9-20(15)14-8-12(16)13(17)7-10(14)2/h7-9H,4-6H2,1-3H3,(H,18,19). The molecule has 2 rings (SSSR count). The first-order valence-electron chi connectivity index (χ1n) is 6.78. The Kier molecular flexibility index (Phi) is 4.81. The molecular weight excluding hydrogens is 321 g/mol. The predicted octanol–water partition coefficient (Wildman–Crippen LogP) is 4.60. The minimum absolute atomic E-state index is 0.247. The summed E-state index contributed by atoms with van der Waals surface area (Å²) in [4.78, 5) is 4.49. The maximum absolute atomic E-state index is 13.5. The van der Waals surface area contributed by atoms with Gasteiger partial charge in [-0.15, -0.1) is 0 Å². The molecule has 1 aromatic heterocycles. The molecule has 0 aliphatic heterocycles. The number of aryl methyl sites for hydroxylation is 2. The van der Waals surface area contributed by atoms with Crippen molar-refractivity contribution < 1.29 is 4.39 Å². The highest BCUT2D eigenvalue weighted by Gasteiger charge is 2.12. The number of halogens is 2. The largest absolute Gasteiger partial charge is 0.355 e. The first-order valence-corrected chi connectivity index (χ1v) is 7.58. The molecule has 0 spiro atoms. The molecule has 2 aromatic rings. The summed E-state index contributed by atoms with van der Waals surface area (Å²) in [5.41, 5.74) is 2.74. The third kappa shape index (κ3) is 3.20. The molecule has 3 nitrogen and oxygen atoms in total. The number of rotatable bonds is 5. The number of benzene rings is 1. The number of nitrogens with zero attached hydrogens (tertiary/aromatic N) is 2. The van der Waals surface area contributed by atoms with Gasteiger partial charge in [0.05, 0.1) is 15.9 Å². The molecule has 0 aliphatic carbocycles. The van der Waals surface area contributed by atoms with Crippen LogP contribution in [0.2, 0.25) is 0 Å². The van der Waals surface area contributed by atoms with Gasteiger partial charge in [0.2, 0.25) is 5.95 Å². The second-order valence-electron chi connectivity index (χ2n) is 4.91. The van der Waals surface area contributed by atoms with E-state index in [9.17, 15) is 4.39 Å². The van der Waals surface area contributed by atoms with Crippen molar-refractivity contribution in [3.8, 4) is 5.69 Å². The second kappa shape index (κ2) is 6.39. The average Bonchev–Trinajstić information content (AvgIpc) is 2.75. The fourth-order valence-corrected chi connectivity index (χ4v) is 2.41. The van der Waals surface area contributed by atoms with Crippen molar-refractivity contribution in [3.05, 3.63) is 39.9 Å². The summed E-state index contributed by atoms with van der Waals surface area (Å²) >= 11 is 3.24. The van der Waals surface area contributed by atoms with E-state index in [-0.39, 0.29) is 5.82 Å². The smallest absolute Gasteiger partial charge is 0.207 e. The molecule has 0 unspecified atom stereocenters. The molecular formula is C15H19BrFN3. The highest BCUT2D eigenvalue weighted by Crippen LogP contribution is 2.26. The van der Waals surface area contributed by atoms with Crippen molar-refractivity contribution in [2.24, 2.45) is 0 Å². The van der Waals surface area contributed by atoms with Crippen molar-refractivity contribution in [2.45, 2.75) is 33.6 Å². The van der Waals surface area contributed by atoms with Crippen LogP contribution in [0.1, 0.15) is 31.0 Å². The van der Waals surface area contributed by atoms with Crippen molar-refractivity contribution in [3.63, 3.8) is 0 Å².